The molecule has 3 aromatic heterocycles. The van der Waals surface area contributed by atoms with E-state index in [-0.39, 0.29) is 17.4 Å². The van der Waals surface area contributed by atoms with Gasteiger partial charge in [-0.05, 0) is 24.0 Å². The lowest BCUT2D eigenvalue weighted by atomic mass is 9.86. The van der Waals surface area contributed by atoms with Gasteiger partial charge in [0.1, 0.15) is 5.65 Å². The normalized spacial score (nSPS) is 13.1. The van der Waals surface area contributed by atoms with Crippen LogP contribution >= 0.6 is 0 Å². The summed E-state index contributed by atoms with van der Waals surface area (Å²) in [6.45, 7) is 7.12. The minimum Gasteiger partial charge on any atom is -0.351 e. The molecule has 0 unspecified atom stereocenters. The molecule has 0 saturated carbocycles. The molecular formula is C19H25N5O. The number of amides is 1. The van der Waals surface area contributed by atoms with E-state index in [0.29, 0.717) is 19.4 Å². The Kier molecular flexibility index (Phi) is 4.88. The van der Waals surface area contributed by atoms with Gasteiger partial charge in [-0.1, -0.05) is 26.8 Å². The molecule has 3 aromatic rings. The van der Waals surface area contributed by atoms with Crippen molar-refractivity contribution in [2.75, 3.05) is 0 Å². The topological polar surface area (TPSA) is 64.2 Å². The number of aromatic nitrogens is 4. The van der Waals surface area contributed by atoms with Crippen LogP contribution in [0.5, 0.6) is 0 Å². The number of hydrogen-bond acceptors (Lipinski definition) is 3. The molecule has 1 amide bonds. The molecule has 0 aliphatic rings. The number of hydrogen-bond donors (Lipinski definition) is 1. The average Bonchev–Trinajstić information content (AvgIpc) is 3.20. The maximum atomic E-state index is 12.4. The Morgan fingerprint density at radius 1 is 1.28 bits per heavy atom. The molecule has 132 valence electrons. The predicted molar refractivity (Wildman–Crippen MR) is 97.1 cm³/mol. The second-order valence-electron chi connectivity index (χ2n) is 7.44. The first kappa shape index (κ1) is 17.2. The minimum atomic E-state index is -0.0387. The largest absolute Gasteiger partial charge is 0.351 e. The van der Waals surface area contributed by atoms with Gasteiger partial charge < -0.3 is 14.3 Å². The smallest absolute Gasteiger partial charge is 0.220 e. The van der Waals surface area contributed by atoms with Gasteiger partial charge in [-0.2, -0.15) is 0 Å². The van der Waals surface area contributed by atoms with E-state index < -0.39 is 0 Å². The maximum absolute atomic E-state index is 12.4. The van der Waals surface area contributed by atoms with Crippen LogP contribution in [0.15, 0.2) is 49.3 Å². The third kappa shape index (κ3) is 4.47. The molecule has 6 nitrogen and oxygen atoms in total. The fraction of sp³-hybridized carbons (Fsp3) is 0.421. The van der Waals surface area contributed by atoms with Crippen molar-refractivity contribution in [2.24, 2.45) is 5.41 Å². The Morgan fingerprint density at radius 2 is 2.12 bits per heavy atom. The SMILES string of the molecule is CC(C)(C)[C@H](Cn1ccnc1)NC(=O)CCc1cn2ccccc2n1. The lowest BCUT2D eigenvalue weighted by molar-refractivity contribution is -0.122. The summed E-state index contributed by atoms with van der Waals surface area (Å²) in [5.41, 5.74) is 1.80. The van der Waals surface area contributed by atoms with E-state index in [2.05, 4.69) is 36.1 Å². The summed E-state index contributed by atoms with van der Waals surface area (Å²) in [4.78, 5) is 21.1. The van der Waals surface area contributed by atoms with Crippen molar-refractivity contribution in [3.05, 3.63) is 55.0 Å². The van der Waals surface area contributed by atoms with E-state index in [9.17, 15) is 4.79 Å². The van der Waals surface area contributed by atoms with Gasteiger partial charge in [-0.3, -0.25) is 4.79 Å². The highest BCUT2D eigenvalue weighted by atomic mass is 16.1. The number of carbonyl (C=O) groups is 1. The van der Waals surface area contributed by atoms with Crippen molar-refractivity contribution in [2.45, 2.75) is 46.2 Å². The summed E-state index contributed by atoms with van der Waals surface area (Å²) in [7, 11) is 0. The van der Waals surface area contributed by atoms with Crippen molar-refractivity contribution >= 4 is 11.6 Å². The van der Waals surface area contributed by atoms with Crippen LogP contribution in [0.1, 0.15) is 32.9 Å². The van der Waals surface area contributed by atoms with E-state index in [1.54, 1.807) is 12.5 Å². The van der Waals surface area contributed by atoms with Crippen molar-refractivity contribution in [3.8, 4) is 0 Å². The number of fused-ring (bicyclic) bond motifs is 1. The molecular weight excluding hydrogens is 314 g/mol. The molecule has 0 aliphatic carbocycles. The molecule has 1 N–H and O–H groups in total. The van der Waals surface area contributed by atoms with E-state index in [1.165, 1.54) is 0 Å². The highest BCUT2D eigenvalue weighted by Gasteiger charge is 2.26. The van der Waals surface area contributed by atoms with E-state index >= 15 is 0 Å². The molecule has 0 aliphatic heterocycles. The van der Waals surface area contributed by atoms with Crippen LogP contribution in [0.25, 0.3) is 5.65 Å². The number of imidazole rings is 2. The van der Waals surface area contributed by atoms with Crippen LogP contribution in [0.4, 0.5) is 0 Å². The fourth-order valence-corrected chi connectivity index (χ4v) is 2.76. The number of pyridine rings is 1. The number of rotatable bonds is 6. The lowest BCUT2D eigenvalue weighted by Gasteiger charge is -2.31. The lowest BCUT2D eigenvalue weighted by Crippen LogP contribution is -2.46. The quantitative estimate of drug-likeness (QED) is 0.751. The van der Waals surface area contributed by atoms with Gasteiger partial charge >= 0.3 is 0 Å². The zero-order valence-electron chi connectivity index (χ0n) is 15.0. The van der Waals surface area contributed by atoms with E-state index in [1.807, 2.05) is 45.8 Å². The Morgan fingerprint density at radius 3 is 2.80 bits per heavy atom. The summed E-state index contributed by atoms with van der Waals surface area (Å²) in [5, 5.41) is 3.18. The van der Waals surface area contributed by atoms with Gasteiger partial charge in [0, 0.05) is 37.8 Å². The Labute approximate surface area is 147 Å². The summed E-state index contributed by atoms with van der Waals surface area (Å²) < 4.78 is 3.97. The first-order valence-electron chi connectivity index (χ1n) is 8.59. The molecule has 0 bridgehead atoms. The molecule has 0 radical (unpaired) electrons. The van der Waals surface area contributed by atoms with Gasteiger partial charge in [-0.15, -0.1) is 0 Å². The first-order chi connectivity index (χ1) is 11.9. The van der Waals surface area contributed by atoms with Gasteiger partial charge in [0.2, 0.25) is 5.91 Å². The Hall–Kier alpha value is -2.63. The summed E-state index contributed by atoms with van der Waals surface area (Å²) >= 11 is 0. The maximum Gasteiger partial charge on any atom is 0.220 e. The van der Waals surface area contributed by atoms with Crippen LogP contribution in [-0.2, 0) is 17.8 Å². The monoisotopic (exact) mass is 339 g/mol. The molecule has 25 heavy (non-hydrogen) atoms. The van der Waals surface area contributed by atoms with E-state index in [4.69, 9.17) is 0 Å². The van der Waals surface area contributed by atoms with Crippen molar-refractivity contribution in [1.29, 1.82) is 0 Å². The standard InChI is InChI=1S/C19H25N5O/c1-19(2,3)16(13-23-11-9-20-14-23)22-18(25)8-7-15-12-24-10-5-4-6-17(24)21-15/h4-6,9-12,14,16H,7-8,13H2,1-3H3,(H,22,25)/t16-/m0/s1. The number of carbonyl (C=O) groups excluding carboxylic acids is 1. The van der Waals surface area contributed by atoms with Gasteiger partial charge in [0.05, 0.1) is 18.1 Å². The zero-order valence-corrected chi connectivity index (χ0v) is 15.0. The van der Waals surface area contributed by atoms with Crippen LogP contribution in [0.2, 0.25) is 0 Å². The number of nitrogens with zero attached hydrogens (tertiary/aromatic N) is 4. The van der Waals surface area contributed by atoms with E-state index in [0.717, 1.165) is 11.3 Å². The Balaban J connectivity index is 1.59. The summed E-state index contributed by atoms with van der Waals surface area (Å²) in [5.74, 6) is 0.0529. The molecule has 3 heterocycles. The van der Waals surface area contributed by atoms with Crippen molar-refractivity contribution in [1.82, 2.24) is 24.3 Å². The van der Waals surface area contributed by atoms with Gasteiger partial charge in [-0.25, -0.2) is 9.97 Å². The highest BCUT2D eigenvalue weighted by molar-refractivity contribution is 5.76. The molecule has 3 rings (SSSR count). The third-order valence-corrected chi connectivity index (χ3v) is 4.36. The molecule has 0 spiro atoms. The molecule has 0 saturated heterocycles. The summed E-state index contributed by atoms with van der Waals surface area (Å²) in [6.07, 6.45) is 10.5. The number of nitrogens with one attached hydrogen (secondary N) is 1. The average molecular weight is 339 g/mol. The van der Waals surface area contributed by atoms with Crippen LogP contribution in [0.3, 0.4) is 0 Å². The molecule has 1 atom stereocenters. The summed E-state index contributed by atoms with van der Waals surface area (Å²) in [6, 6.07) is 5.93. The van der Waals surface area contributed by atoms with Gasteiger partial charge in [0.15, 0.2) is 0 Å². The third-order valence-electron chi connectivity index (χ3n) is 4.36. The first-order valence-corrected chi connectivity index (χ1v) is 8.59. The van der Waals surface area contributed by atoms with Gasteiger partial charge in [0.25, 0.3) is 0 Å². The predicted octanol–water partition coefficient (Wildman–Crippen LogP) is 2.69. The van der Waals surface area contributed by atoms with Crippen molar-refractivity contribution < 1.29 is 4.79 Å². The number of aryl methyl sites for hydroxylation is 1. The fourth-order valence-electron chi connectivity index (χ4n) is 2.76. The molecule has 0 fully saturated rings. The Bertz CT molecular complexity index is 796. The highest BCUT2D eigenvalue weighted by Crippen LogP contribution is 2.21. The zero-order chi connectivity index (χ0) is 17.9. The molecule has 0 aromatic carbocycles. The molecule has 6 heteroatoms. The van der Waals surface area contributed by atoms with Crippen molar-refractivity contribution in [3.63, 3.8) is 0 Å². The minimum absolute atomic E-state index is 0.0373. The van der Waals surface area contributed by atoms with Crippen LogP contribution in [-0.4, -0.2) is 30.9 Å². The van der Waals surface area contributed by atoms with Crippen LogP contribution in [0, 0.1) is 5.41 Å². The second kappa shape index (κ2) is 7.09. The second-order valence-corrected chi connectivity index (χ2v) is 7.44. The van der Waals surface area contributed by atoms with Crippen LogP contribution < -0.4 is 5.32 Å².